The number of hydrogen-bond donors (Lipinski definition) is 1. The number of amidine groups is 1. The number of hydrazine groups is 1. The molecule has 5 nitrogen and oxygen atoms in total. The molecular formula is C21H18ClFN4O. The maximum absolute atomic E-state index is 14.6. The molecule has 1 N–H and O–H groups in total. The van der Waals surface area contributed by atoms with E-state index in [9.17, 15) is 4.39 Å². The van der Waals surface area contributed by atoms with Crippen molar-refractivity contribution in [2.75, 3.05) is 13.7 Å². The lowest BCUT2D eigenvalue weighted by atomic mass is 10.00. The number of allylic oxidation sites excluding steroid dienone is 1. The molecule has 0 fully saturated rings. The van der Waals surface area contributed by atoms with Crippen molar-refractivity contribution in [2.24, 2.45) is 9.98 Å². The van der Waals surface area contributed by atoms with Crippen LogP contribution in [0.4, 0.5) is 10.1 Å². The molecule has 2 aromatic rings. The van der Waals surface area contributed by atoms with Gasteiger partial charge in [-0.05, 0) is 19.1 Å². The van der Waals surface area contributed by atoms with Crippen molar-refractivity contribution < 1.29 is 9.13 Å². The third-order valence-corrected chi connectivity index (χ3v) is 4.87. The lowest BCUT2D eigenvalue weighted by Crippen LogP contribution is -2.35. The van der Waals surface area contributed by atoms with Crippen LogP contribution in [0.1, 0.15) is 18.1 Å². The summed E-state index contributed by atoms with van der Waals surface area (Å²) in [5.41, 5.74) is 7.11. The summed E-state index contributed by atoms with van der Waals surface area (Å²) in [5, 5.41) is 2.37. The van der Waals surface area contributed by atoms with Crippen LogP contribution in [-0.2, 0) is 0 Å². The quantitative estimate of drug-likeness (QED) is 0.768. The highest BCUT2D eigenvalue weighted by molar-refractivity contribution is 6.36. The van der Waals surface area contributed by atoms with Crippen LogP contribution in [0.25, 0.3) is 0 Å². The van der Waals surface area contributed by atoms with Crippen molar-refractivity contribution >= 4 is 28.8 Å². The zero-order valence-corrected chi connectivity index (χ0v) is 16.2. The second kappa shape index (κ2) is 7.13. The van der Waals surface area contributed by atoms with E-state index in [-0.39, 0.29) is 5.75 Å². The molecule has 0 radical (unpaired) electrons. The molecule has 142 valence electrons. The van der Waals surface area contributed by atoms with Gasteiger partial charge in [0.1, 0.15) is 5.70 Å². The third kappa shape index (κ3) is 2.96. The summed E-state index contributed by atoms with van der Waals surface area (Å²) in [6.07, 6.45) is 1.77. The third-order valence-electron chi connectivity index (χ3n) is 4.54. The molecule has 2 heterocycles. The fourth-order valence-electron chi connectivity index (χ4n) is 3.24. The van der Waals surface area contributed by atoms with Gasteiger partial charge < -0.3 is 4.74 Å². The van der Waals surface area contributed by atoms with Crippen molar-refractivity contribution in [2.45, 2.75) is 6.92 Å². The average molecular weight is 397 g/mol. The van der Waals surface area contributed by atoms with Crippen LogP contribution >= 0.6 is 11.6 Å². The normalized spacial score (nSPS) is 15.2. The van der Waals surface area contributed by atoms with Gasteiger partial charge in [-0.25, -0.2) is 14.4 Å². The minimum absolute atomic E-state index is 0.118. The maximum Gasteiger partial charge on any atom is 0.176 e. The van der Waals surface area contributed by atoms with Crippen molar-refractivity contribution in [3.05, 3.63) is 82.4 Å². The molecule has 0 amide bonds. The highest BCUT2D eigenvalue weighted by Gasteiger charge is 2.30. The molecule has 0 aliphatic carbocycles. The lowest BCUT2D eigenvalue weighted by Gasteiger charge is -2.18. The number of nitrogens with one attached hydrogen (secondary N) is 1. The van der Waals surface area contributed by atoms with E-state index in [1.165, 1.54) is 13.2 Å². The number of fused-ring (bicyclic) bond motifs is 2. The molecule has 0 spiro atoms. The molecule has 0 saturated carbocycles. The van der Waals surface area contributed by atoms with Gasteiger partial charge in [0.25, 0.3) is 0 Å². The maximum atomic E-state index is 14.6. The van der Waals surface area contributed by atoms with Crippen molar-refractivity contribution in [1.29, 1.82) is 0 Å². The monoisotopic (exact) mass is 396 g/mol. The van der Waals surface area contributed by atoms with E-state index < -0.39 is 5.82 Å². The smallest absolute Gasteiger partial charge is 0.176 e. The van der Waals surface area contributed by atoms with E-state index in [1.807, 2.05) is 30.1 Å². The average Bonchev–Trinajstić information content (AvgIpc) is 2.86. The number of halogens is 2. The van der Waals surface area contributed by atoms with E-state index >= 15 is 0 Å². The Morgan fingerprint density at radius 3 is 2.75 bits per heavy atom. The molecule has 0 atom stereocenters. The van der Waals surface area contributed by atoms with E-state index in [4.69, 9.17) is 26.3 Å². The Morgan fingerprint density at radius 2 is 2.04 bits per heavy atom. The number of ether oxygens (including phenoxy) is 1. The second-order valence-electron chi connectivity index (χ2n) is 6.36. The van der Waals surface area contributed by atoms with Crippen molar-refractivity contribution in [3.8, 4) is 5.75 Å². The standard InChI is InChI=1S/C21H18ClFN4O/c1-4-9-27-21-19(12(2)26-27)25-20(13-7-5-6-8-15(13)22)14-10-16(23)18(28-3)11-17(14)24-21/h4-8,10-11,26H,1,9H2,2-3H3. The Labute approximate surface area is 167 Å². The predicted octanol–water partition coefficient (Wildman–Crippen LogP) is 4.61. The van der Waals surface area contributed by atoms with Crippen LogP contribution in [0.3, 0.4) is 0 Å². The van der Waals surface area contributed by atoms with Crippen LogP contribution in [0.15, 0.2) is 70.4 Å². The zero-order valence-electron chi connectivity index (χ0n) is 15.5. The number of methoxy groups -OCH3 is 1. The Hall–Kier alpha value is -3.12. The molecule has 4 rings (SSSR count). The van der Waals surface area contributed by atoms with Crippen molar-refractivity contribution in [3.63, 3.8) is 0 Å². The number of benzene rings is 2. The van der Waals surface area contributed by atoms with E-state index in [0.717, 1.165) is 5.70 Å². The van der Waals surface area contributed by atoms with Gasteiger partial charge in [0.05, 0.1) is 30.8 Å². The Bertz CT molecular complexity index is 1070. The zero-order chi connectivity index (χ0) is 19.8. The summed E-state index contributed by atoms with van der Waals surface area (Å²) < 4.78 is 19.7. The summed E-state index contributed by atoms with van der Waals surface area (Å²) in [5.74, 6) is 0.265. The SMILES string of the molecule is C=CCN1NC(C)=C2N=C(c3ccccc3Cl)c3cc(F)c(OC)cc3N=C21. The number of hydrogen-bond acceptors (Lipinski definition) is 5. The molecule has 2 aromatic carbocycles. The Balaban J connectivity index is 2.02. The summed E-state index contributed by atoms with van der Waals surface area (Å²) in [6, 6.07) is 10.3. The predicted molar refractivity (Wildman–Crippen MR) is 110 cm³/mol. The van der Waals surface area contributed by atoms with Gasteiger partial charge in [-0.3, -0.25) is 10.4 Å². The van der Waals surface area contributed by atoms with Crippen LogP contribution in [0.5, 0.6) is 5.75 Å². The van der Waals surface area contributed by atoms with Gasteiger partial charge in [0, 0.05) is 22.2 Å². The Kier molecular flexibility index (Phi) is 4.65. The lowest BCUT2D eigenvalue weighted by molar-refractivity contribution is 0.386. The van der Waals surface area contributed by atoms with Crippen molar-refractivity contribution in [1.82, 2.24) is 10.4 Å². The molecule has 28 heavy (non-hydrogen) atoms. The molecule has 2 aliphatic heterocycles. The largest absolute Gasteiger partial charge is 0.494 e. The first-order chi connectivity index (χ1) is 13.5. The van der Waals surface area contributed by atoms with E-state index in [2.05, 4.69) is 12.0 Å². The first kappa shape index (κ1) is 18.3. The van der Waals surface area contributed by atoms with E-state index in [0.29, 0.717) is 45.6 Å². The second-order valence-corrected chi connectivity index (χ2v) is 6.77. The highest BCUT2D eigenvalue weighted by atomic mass is 35.5. The van der Waals surface area contributed by atoms with Crippen LogP contribution in [0.2, 0.25) is 5.02 Å². The first-order valence-corrected chi connectivity index (χ1v) is 9.07. The fraction of sp³-hybridized carbons (Fsp3) is 0.143. The number of rotatable bonds is 4. The molecule has 7 heteroatoms. The van der Waals surface area contributed by atoms with Gasteiger partial charge in [0.2, 0.25) is 0 Å². The molecule has 0 unspecified atom stereocenters. The highest BCUT2D eigenvalue weighted by Crippen LogP contribution is 2.36. The van der Waals surface area contributed by atoms with Gasteiger partial charge in [0.15, 0.2) is 17.4 Å². The summed E-state index contributed by atoms with van der Waals surface area (Å²) in [4.78, 5) is 9.63. The molecular weight excluding hydrogens is 379 g/mol. The van der Waals surface area contributed by atoms with Crippen LogP contribution in [-0.4, -0.2) is 30.2 Å². The molecule has 0 aromatic heterocycles. The molecule has 2 aliphatic rings. The van der Waals surface area contributed by atoms with Crippen LogP contribution in [0, 0.1) is 5.82 Å². The topological polar surface area (TPSA) is 49.2 Å². The minimum Gasteiger partial charge on any atom is -0.494 e. The van der Waals surface area contributed by atoms with Gasteiger partial charge in [-0.2, -0.15) is 0 Å². The first-order valence-electron chi connectivity index (χ1n) is 8.70. The van der Waals surface area contributed by atoms with Gasteiger partial charge in [-0.1, -0.05) is 35.9 Å². The van der Waals surface area contributed by atoms with E-state index in [1.54, 1.807) is 18.2 Å². The minimum atomic E-state index is -0.486. The van der Waals surface area contributed by atoms with Gasteiger partial charge >= 0.3 is 0 Å². The van der Waals surface area contributed by atoms with Gasteiger partial charge in [-0.15, -0.1) is 6.58 Å². The number of nitrogens with zero attached hydrogens (tertiary/aromatic N) is 3. The summed E-state index contributed by atoms with van der Waals surface area (Å²) in [6.45, 7) is 6.24. The fourth-order valence-corrected chi connectivity index (χ4v) is 3.46. The molecule has 0 bridgehead atoms. The number of aliphatic imine (C=N–C) groups is 2. The van der Waals surface area contributed by atoms with Crippen LogP contribution < -0.4 is 10.2 Å². The summed E-state index contributed by atoms with van der Waals surface area (Å²) >= 11 is 6.44. The Morgan fingerprint density at radius 1 is 1.25 bits per heavy atom. The molecule has 0 saturated heterocycles. The summed E-state index contributed by atoms with van der Waals surface area (Å²) in [7, 11) is 1.42.